The van der Waals surface area contributed by atoms with Crippen LogP contribution in [0.5, 0.6) is 0 Å². The van der Waals surface area contributed by atoms with Gasteiger partial charge in [0.25, 0.3) is 5.91 Å². The van der Waals surface area contributed by atoms with Crippen molar-refractivity contribution in [1.82, 2.24) is 9.80 Å². The third-order valence-corrected chi connectivity index (χ3v) is 4.78. The van der Waals surface area contributed by atoms with Crippen LogP contribution in [-0.2, 0) is 14.3 Å². The molecule has 0 radical (unpaired) electrons. The second-order valence-corrected chi connectivity index (χ2v) is 6.65. The van der Waals surface area contributed by atoms with Crippen molar-refractivity contribution < 1.29 is 19.4 Å². The van der Waals surface area contributed by atoms with E-state index in [2.05, 4.69) is 4.90 Å². The van der Waals surface area contributed by atoms with E-state index in [0.717, 1.165) is 39.0 Å². The molecule has 2 saturated heterocycles. The van der Waals surface area contributed by atoms with Gasteiger partial charge in [-0.05, 0) is 32.6 Å². The zero-order chi connectivity index (χ0) is 16.7. The van der Waals surface area contributed by atoms with Gasteiger partial charge in [-0.2, -0.15) is 0 Å². The van der Waals surface area contributed by atoms with Gasteiger partial charge in [-0.3, -0.25) is 9.69 Å². The van der Waals surface area contributed by atoms with E-state index in [9.17, 15) is 9.90 Å². The van der Waals surface area contributed by atoms with Crippen molar-refractivity contribution in [1.29, 1.82) is 0 Å². The first-order chi connectivity index (χ1) is 11.1. The largest absolute Gasteiger partial charge is 0.392 e. The number of piperazine rings is 1. The molecule has 0 saturated carbocycles. The highest BCUT2D eigenvalue weighted by molar-refractivity contribution is 5.80. The molecule has 0 spiro atoms. The summed E-state index contributed by atoms with van der Waals surface area (Å²) in [6.07, 6.45) is 3.57. The minimum absolute atomic E-state index is 0.0662. The Hall–Kier alpha value is -0.690. The molecule has 0 aromatic heterocycles. The summed E-state index contributed by atoms with van der Waals surface area (Å²) in [6.45, 7) is 8.90. The summed E-state index contributed by atoms with van der Waals surface area (Å²) in [4.78, 5) is 16.5. The standard InChI is InChI=1S/C17H32N2O4/c1-3-15(20)12-18-7-9-19(10-8-18)17(21)14(2)23-13-16-6-4-5-11-22-16/h14-16,20H,3-13H2,1-2H3/t14-,15+,16+/m1/s1. The van der Waals surface area contributed by atoms with Gasteiger partial charge in [0.15, 0.2) is 0 Å². The van der Waals surface area contributed by atoms with Crippen LogP contribution in [-0.4, -0.2) is 85.1 Å². The van der Waals surface area contributed by atoms with Crippen LogP contribution < -0.4 is 0 Å². The highest BCUT2D eigenvalue weighted by atomic mass is 16.5. The number of hydrogen-bond donors (Lipinski definition) is 1. The van der Waals surface area contributed by atoms with Crippen molar-refractivity contribution in [3.05, 3.63) is 0 Å². The molecule has 0 aliphatic carbocycles. The van der Waals surface area contributed by atoms with Gasteiger partial charge in [0.2, 0.25) is 0 Å². The molecule has 2 rings (SSSR count). The Morgan fingerprint density at radius 1 is 1.30 bits per heavy atom. The number of nitrogens with zero attached hydrogens (tertiary/aromatic N) is 2. The third kappa shape index (κ3) is 6.03. The van der Waals surface area contributed by atoms with Crippen molar-refractivity contribution in [3.8, 4) is 0 Å². The van der Waals surface area contributed by atoms with Crippen molar-refractivity contribution >= 4 is 5.91 Å². The highest BCUT2D eigenvalue weighted by Crippen LogP contribution is 2.14. The number of carbonyl (C=O) groups excluding carboxylic acids is 1. The van der Waals surface area contributed by atoms with Gasteiger partial charge in [-0.15, -0.1) is 0 Å². The first kappa shape index (κ1) is 18.6. The number of aliphatic hydroxyl groups excluding tert-OH is 1. The van der Waals surface area contributed by atoms with Crippen LogP contribution in [0.25, 0.3) is 0 Å². The Bertz CT molecular complexity index is 353. The van der Waals surface area contributed by atoms with Crippen molar-refractivity contribution in [3.63, 3.8) is 0 Å². The topological polar surface area (TPSA) is 62.2 Å². The van der Waals surface area contributed by atoms with E-state index in [1.54, 1.807) is 0 Å². The SMILES string of the molecule is CC[C@H](O)CN1CCN(C(=O)[C@@H](C)OC[C@@H]2CCCCO2)CC1. The number of aliphatic hydroxyl groups is 1. The predicted molar refractivity (Wildman–Crippen MR) is 88.3 cm³/mol. The molecular weight excluding hydrogens is 296 g/mol. The molecule has 0 unspecified atom stereocenters. The minimum atomic E-state index is -0.409. The van der Waals surface area contributed by atoms with E-state index in [4.69, 9.17) is 9.47 Å². The lowest BCUT2D eigenvalue weighted by Gasteiger charge is -2.36. The maximum atomic E-state index is 12.4. The molecule has 1 amide bonds. The normalized spacial score (nSPS) is 26.0. The molecule has 6 heteroatoms. The van der Waals surface area contributed by atoms with Crippen LogP contribution in [0.15, 0.2) is 0 Å². The minimum Gasteiger partial charge on any atom is -0.392 e. The van der Waals surface area contributed by atoms with Crippen molar-refractivity contribution in [2.24, 2.45) is 0 Å². The molecule has 2 fully saturated rings. The number of hydrogen-bond acceptors (Lipinski definition) is 5. The second kappa shape index (κ2) is 9.57. The number of amides is 1. The van der Waals surface area contributed by atoms with E-state index >= 15 is 0 Å². The van der Waals surface area contributed by atoms with E-state index < -0.39 is 6.10 Å². The molecule has 6 nitrogen and oxygen atoms in total. The van der Waals surface area contributed by atoms with E-state index in [-0.39, 0.29) is 18.1 Å². The number of rotatable bonds is 7. The van der Waals surface area contributed by atoms with Gasteiger partial charge < -0.3 is 19.5 Å². The molecule has 2 aliphatic heterocycles. The van der Waals surface area contributed by atoms with Gasteiger partial charge >= 0.3 is 0 Å². The predicted octanol–water partition coefficient (Wildman–Crippen LogP) is 0.876. The summed E-state index contributed by atoms with van der Waals surface area (Å²) < 4.78 is 11.4. The fourth-order valence-corrected chi connectivity index (χ4v) is 3.10. The summed E-state index contributed by atoms with van der Waals surface area (Å²) in [5.41, 5.74) is 0. The van der Waals surface area contributed by atoms with E-state index in [1.807, 2.05) is 18.7 Å². The number of carbonyl (C=O) groups is 1. The Morgan fingerprint density at radius 3 is 2.65 bits per heavy atom. The summed E-state index contributed by atoms with van der Waals surface area (Å²) in [7, 11) is 0. The van der Waals surface area contributed by atoms with Crippen LogP contribution in [0.3, 0.4) is 0 Å². The fourth-order valence-electron chi connectivity index (χ4n) is 3.10. The molecule has 0 bridgehead atoms. The van der Waals surface area contributed by atoms with E-state index in [1.165, 1.54) is 6.42 Å². The van der Waals surface area contributed by atoms with Crippen LogP contribution in [0.2, 0.25) is 0 Å². The second-order valence-electron chi connectivity index (χ2n) is 6.65. The van der Waals surface area contributed by atoms with Crippen molar-refractivity contribution in [2.45, 2.75) is 57.8 Å². The molecule has 134 valence electrons. The maximum absolute atomic E-state index is 12.4. The van der Waals surface area contributed by atoms with Gasteiger partial charge in [0.1, 0.15) is 6.10 Å². The lowest BCUT2D eigenvalue weighted by atomic mass is 10.1. The van der Waals surface area contributed by atoms with Crippen LogP contribution >= 0.6 is 0 Å². The van der Waals surface area contributed by atoms with Crippen LogP contribution in [0.4, 0.5) is 0 Å². The van der Waals surface area contributed by atoms with Gasteiger partial charge in [0, 0.05) is 39.3 Å². The average Bonchev–Trinajstić information content (AvgIpc) is 2.60. The first-order valence-corrected chi connectivity index (χ1v) is 9.02. The molecule has 1 N–H and O–H groups in total. The maximum Gasteiger partial charge on any atom is 0.251 e. The molecule has 2 heterocycles. The smallest absolute Gasteiger partial charge is 0.251 e. The number of β-amino-alcohol motifs (C(OH)–C–C–N with tert-alkyl or cyclic N) is 1. The molecule has 0 aromatic carbocycles. The summed E-state index contributed by atoms with van der Waals surface area (Å²) in [5, 5.41) is 9.71. The molecule has 2 aliphatic rings. The zero-order valence-electron chi connectivity index (χ0n) is 14.6. The van der Waals surface area contributed by atoms with E-state index in [0.29, 0.717) is 26.2 Å². The third-order valence-electron chi connectivity index (χ3n) is 4.78. The lowest BCUT2D eigenvalue weighted by Crippen LogP contribution is -2.52. The highest BCUT2D eigenvalue weighted by Gasteiger charge is 2.26. The van der Waals surface area contributed by atoms with Crippen molar-refractivity contribution in [2.75, 3.05) is 45.9 Å². The number of ether oxygens (including phenoxy) is 2. The van der Waals surface area contributed by atoms with Gasteiger partial charge in [-0.25, -0.2) is 0 Å². The summed E-state index contributed by atoms with van der Waals surface area (Å²) in [5.74, 6) is 0.0662. The Morgan fingerprint density at radius 2 is 2.04 bits per heavy atom. The average molecular weight is 328 g/mol. The summed E-state index contributed by atoms with van der Waals surface area (Å²) in [6, 6.07) is 0. The Kier molecular flexibility index (Phi) is 7.76. The van der Waals surface area contributed by atoms with Gasteiger partial charge in [0.05, 0.1) is 18.8 Å². The quantitative estimate of drug-likeness (QED) is 0.751. The Labute approximate surface area is 139 Å². The zero-order valence-corrected chi connectivity index (χ0v) is 14.6. The molecule has 3 atom stereocenters. The molecular formula is C17H32N2O4. The van der Waals surface area contributed by atoms with Gasteiger partial charge in [-0.1, -0.05) is 6.92 Å². The monoisotopic (exact) mass is 328 g/mol. The Balaban J connectivity index is 1.67. The lowest BCUT2D eigenvalue weighted by molar-refractivity contribution is -0.148. The van der Waals surface area contributed by atoms with Crippen LogP contribution in [0.1, 0.15) is 39.5 Å². The van der Waals surface area contributed by atoms with Crippen LogP contribution in [0, 0.1) is 0 Å². The molecule has 0 aromatic rings. The summed E-state index contributed by atoms with van der Waals surface area (Å²) >= 11 is 0. The first-order valence-electron chi connectivity index (χ1n) is 9.02. The fraction of sp³-hybridized carbons (Fsp3) is 0.941. The molecule has 23 heavy (non-hydrogen) atoms.